The van der Waals surface area contributed by atoms with Crippen LogP contribution in [0.5, 0.6) is 5.75 Å². The van der Waals surface area contributed by atoms with Gasteiger partial charge in [-0.15, -0.1) is 0 Å². The summed E-state index contributed by atoms with van der Waals surface area (Å²) >= 11 is 6.06. The van der Waals surface area contributed by atoms with Gasteiger partial charge in [-0.05, 0) is 53.9 Å². The molecule has 3 aromatic rings. The monoisotopic (exact) mass is 468 g/mol. The molecule has 3 rings (SSSR count). The highest BCUT2D eigenvalue weighted by Crippen LogP contribution is 2.21. The summed E-state index contributed by atoms with van der Waals surface area (Å²) in [6.07, 6.45) is 0.327. The van der Waals surface area contributed by atoms with Crippen molar-refractivity contribution in [3.63, 3.8) is 0 Å². The normalized spacial score (nSPS) is 11.5. The fourth-order valence-corrected chi connectivity index (χ4v) is 3.56. The molecule has 0 unspecified atom stereocenters. The molecule has 0 fully saturated rings. The number of hydrogen-bond donors (Lipinski definition) is 1. The van der Waals surface area contributed by atoms with Crippen molar-refractivity contribution < 1.29 is 18.7 Å². The zero-order valence-corrected chi connectivity index (χ0v) is 19.3. The van der Waals surface area contributed by atoms with Crippen molar-refractivity contribution in [2.24, 2.45) is 0 Å². The van der Waals surface area contributed by atoms with E-state index in [0.717, 1.165) is 11.1 Å². The van der Waals surface area contributed by atoms with Crippen LogP contribution in [-0.4, -0.2) is 36.4 Å². The second kappa shape index (κ2) is 11.5. The molecule has 0 aliphatic rings. The van der Waals surface area contributed by atoms with Crippen LogP contribution in [0.2, 0.25) is 5.02 Å². The van der Waals surface area contributed by atoms with Gasteiger partial charge < -0.3 is 15.0 Å². The summed E-state index contributed by atoms with van der Waals surface area (Å²) in [6, 6.07) is 19.7. The second-order valence-electron chi connectivity index (χ2n) is 7.67. The van der Waals surface area contributed by atoms with Crippen LogP contribution in [0.1, 0.15) is 16.7 Å². The Morgan fingerprint density at radius 2 is 1.73 bits per heavy atom. The molecule has 0 aliphatic heterocycles. The molecule has 0 saturated carbocycles. The summed E-state index contributed by atoms with van der Waals surface area (Å²) in [5, 5.41) is 3.26. The van der Waals surface area contributed by atoms with Crippen molar-refractivity contribution in [2.75, 3.05) is 13.7 Å². The maximum atomic E-state index is 13.4. The summed E-state index contributed by atoms with van der Waals surface area (Å²) in [6.45, 7) is 1.72. The molecule has 0 aromatic heterocycles. The van der Waals surface area contributed by atoms with Crippen LogP contribution < -0.4 is 10.1 Å². The minimum atomic E-state index is -0.773. The number of rotatable bonds is 9. The van der Waals surface area contributed by atoms with Crippen molar-refractivity contribution in [2.45, 2.75) is 25.9 Å². The Hall–Kier alpha value is -3.38. The van der Waals surface area contributed by atoms with Gasteiger partial charge in [0.1, 0.15) is 17.6 Å². The number of likely N-dealkylation sites (N-methyl/N-ethyl adjacent to an activating group) is 1. The smallest absolute Gasteiger partial charge is 0.261 e. The molecule has 1 N–H and O–H groups in total. The number of benzene rings is 3. The van der Waals surface area contributed by atoms with E-state index in [4.69, 9.17) is 16.3 Å². The SMILES string of the molecule is CNC(=O)[C@H](Cc1ccccc1)N(Cc1ccc(F)cc1)C(=O)COc1ccc(Cl)c(C)c1. The van der Waals surface area contributed by atoms with Crippen LogP contribution >= 0.6 is 11.6 Å². The Kier molecular flexibility index (Phi) is 8.44. The zero-order valence-electron chi connectivity index (χ0n) is 18.6. The average molecular weight is 469 g/mol. The van der Waals surface area contributed by atoms with Crippen LogP contribution in [0.15, 0.2) is 72.8 Å². The molecule has 7 heteroatoms. The second-order valence-corrected chi connectivity index (χ2v) is 8.07. The van der Waals surface area contributed by atoms with E-state index in [1.807, 2.05) is 37.3 Å². The number of ether oxygens (including phenoxy) is 1. The molecule has 0 radical (unpaired) electrons. The van der Waals surface area contributed by atoms with E-state index >= 15 is 0 Å². The van der Waals surface area contributed by atoms with Gasteiger partial charge in [-0.2, -0.15) is 0 Å². The van der Waals surface area contributed by atoms with Gasteiger partial charge >= 0.3 is 0 Å². The van der Waals surface area contributed by atoms with Crippen LogP contribution in [0.4, 0.5) is 4.39 Å². The number of halogens is 2. The summed E-state index contributed by atoms with van der Waals surface area (Å²) in [5.41, 5.74) is 2.45. The Labute approximate surface area is 198 Å². The number of carbonyl (C=O) groups is 2. The molecule has 0 heterocycles. The number of carbonyl (C=O) groups excluding carboxylic acids is 2. The molecular formula is C26H26ClFN2O3. The standard InChI is InChI=1S/C26H26ClFN2O3/c1-18-14-22(12-13-23(18)27)33-17-25(31)30(16-20-8-10-21(28)11-9-20)24(26(32)29-2)15-19-6-4-3-5-7-19/h3-14,24H,15-17H2,1-2H3,(H,29,32)/t24-/m0/s1. The summed E-state index contributed by atoms with van der Waals surface area (Å²) in [7, 11) is 1.54. The molecule has 172 valence electrons. The first-order valence-corrected chi connectivity index (χ1v) is 10.9. The van der Waals surface area contributed by atoms with Crippen molar-refractivity contribution in [3.05, 3.63) is 100 Å². The molecule has 5 nitrogen and oxygen atoms in total. The predicted molar refractivity (Wildman–Crippen MR) is 127 cm³/mol. The van der Waals surface area contributed by atoms with E-state index in [1.54, 1.807) is 30.3 Å². The largest absolute Gasteiger partial charge is 0.484 e. The average Bonchev–Trinajstić information content (AvgIpc) is 2.83. The molecule has 0 saturated heterocycles. The van der Waals surface area contributed by atoms with Gasteiger partial charge in [-0.25, -0.2) is 4.39 Å². The number of nitrogens with one attached hydrogen (secondary N) is 1. The van der Waals surface area contributed by atoms with Gasteiger partial charge in [0, 0.05) is 25.0 Å². The zero-order chi connectivity index (χ0) is 23.8. The lowest BCUT2D eigenvalue weighted by Crippen LogP contribution is -2.51. The van der Waals surface area contributed by atoms with Crippen LogP contribution in [0.25, 0.3) is 0 Å². The van der Waals surface area contributed by atoms with Gasteiger partial charge in [-0.3, -0.25) is 9.59 Å². The van der Waals surface area contributed by atoms with Gasteiger partial charge in [0.2, 0.25) is 5.91 Å². The maximum absolute atomic E-state index is 13.4. The highest BCUT2D eigenvalue weighted by Gasteiger charge is 2.30. The number of nitrogens with zero attached hydrogens (tertiary/aromatic N) is 1. The van der Waals surface area contributed by atoms with Gasteiger partial charge in [0.05, 0.1) is 0 Å². The van der Waals surface area contributed by atoms with Crippen molar-refractivity contribution in [1.82, 2.24) is 10.2 Å². The summed E-state index contributed by atoms with van der Waals surface area (Å²) < 4.78 is 19.1. The van der Waals surface area contributed by atoms with Crippen LogP contribution in [-0.2, 0) is 22.6 Å². The van der Waals surface area contributed by atoms with E-state index in [2.05, 4.69) is 5.32 Å². The highest BCUT2D eigenvalue weighted by molar-refractivity contribution is 6.31. The lowest BCUT2D eigenvalue weighted by molar-refractivity contribution is -0.142. The molecule has 33 heavy (non-hydrogen) atoms. The van der Waals surface area contributed by atoms with Gasteiger partial charge in [0.25, 0.3) is 5.91 Å². The topological polar surface area (TPSA) is 58.6 Å². The molecule has 1 atom stereocenters. The van der Waals surface area contributed by atoms with E-state index in [0.29, 0.717) is 22.8 Å². The molecule has 0 spiro atoms. The number of aryl methyl sites for hydroxylation is 1. The lowest BCUT2D eigenvalue weighted by atomic mass is 10.0. The molecule has 0 aliphatic carbocycles. The quantitative estimate of drug-likeness (QED) is 0.501. The Morgan fingerprint density at radius 1 is 1.03 bits per heavy atom. The Balaban J connectivity index is 1.86. The van der Waals surface area contributed by atoms with Crippen molar-refractivity contribution in [1.29, 1.82) is 0 Å². The number of amides is 2. The fraction of sp³-hybridized carbons (Fsp3) is 0.231. The molecule has 2 amide bonds. The minimum absolute atomic E-state index is 0.132. The van der Waals surface area contributed by atoms with Gasteiger partial charge in [-0.1, -0.05) is 54.1 Å². The Morgan fingerprint density at radius 3 is 2.36 bits per heavy atom. The maximum Gasteiger partial charge on any atom is 0.261 e. The summed E-state index contributed by atoms with van der Waals surface area (Å²) in [4.78, 5) is 27.6. The van der Waals surface area contributed by atoms with E-state index < -0.39 is 6.04 Å². The first kappa shape index (κ1) is 24.3. The van der Waals surface area contributed by atoms with Crippen molar-refractivity contribution >= 4 is 23.4 Å². The fourth-order valence-electron chi connectivity index (χ4n) is 3.44. The van der Waals surface area contributed by atoms with E-state index in [9.17, 15) is 14.0 Å². The third kappa shape index (κ3) is 6.80. The lowest BCUT2D eigenvalue weighted by Gasteiger charge is -2.31. The van der Waals surface area contributed by atoms with Crippen molar-refractivity contribution in [3.8, 4) is 5.75 Å². The van der Waals surface area contributed by atoms with Crippen LogP contribution in [0, 0.1) is 12.7 Å². The minimum Gasteiger partial charge on any atom is -0.484 e. The van der Waals surface area contributed by atoms with E-state index in [-0.39, 0.29) is 30.8 Å². The Bertz CT molecular complexity index is 1090. The first-order valence-electron chi connectivity index (χ1n) is 10.6. The predicted octanol–water partition coefficient (Wildman–Crippen LogP) is 4.55. The van der Waals surface area contributed by atoms with E-state index in [1.165, 1.54) is 24.1 Å². The molecular weight excluding hydrogens is 443 g/mol. The van der Waals surface area contributed by atoms with Crippen LogP contribution in [0.3, 0.4) is 0 Å². The highest BCUT2D eigenvalue weighted by atomic mass is 35.5. The van der Waals surface area contributed by atoms with Gasteiger partial charge in [0.15, 0.2) is 6.61 Å². The summed E-state index contributed by atoms with van der Waals surface area (Å²) in [5.74, 6) is -0.523. The molecule has 0 bridgehead atoms. The third-order valence-corrected chi connectivity index (χ3v) is 5.70. The first-order chi connectivity index (χ1) is 15.9. The number of hydrogen-bond acceptors (Lipinski definition) is 3. The molecule has 3 aromatic carbocycles. The third-order valence-electron chi connectivity index (χ3n) is 5.28.